The number of carbonyl (C=O) groups is 2. The molecule has 2 unspecified atom stereocenters. The van der Waals surface area contributed by atoms with E-state index in [2.05, 4.69) is 18.7 Å². The van der Waals surface area contributed by atoms with Crippen LogP contribution in [0, 0.1) is 11.8 Å². The van der Waals surface area contributed by atoms with Gasteiger partial charge in [0.15, 0.2) is 0 Å². The Kier molecular flexibility index (Phi) is 7.24. The lowest BCUT2D eigenvalue weighted by Gasteiger charge is -2.38. The van der Waals surface area contributed by atoms with Crippen molar-refractivity contribution in [3.8, 4) is 0 Å². The Balaban J connectivity index is 1.45. The van der Waals surface area contributed by atoms with E-state index in [4.69, 9.17) is 23.2 Å². The Labute approximate surface area is 177 Å². The van der Waals surface area contributed by atoms with E-state index in [0.29, 0.717) is 47.9 Å². The molecule has 2 aliphatic heterocycles. The minimum atomic E-state index is 0.0862. The van der Waals surface area contributed by atoms with Gasteiger partial charge in [-0.25, -0.2) is 0 Å². The minimum absolute atomic E-state index is 0.0862. The first kappa shape index (κ1) is 21.4. The summed E-state index contributed by atoms with van der Waals surface area (Å²) in [6.45, 7) is 9.39. The quantitative estimate of drug-likeness (QED) is 0.743. The predicted molar refractivity (Wildman–Crippen MR) is 113 cm³/mol. The van der Waals surface area contributed by atoms with E-state index in [1.807, 2.05) is 15.9 Å². The lowest BCUT2D eigenvalue weighted by Crippen LogP contribution is -2.53. The van der Waals surface area contributed by atoms with Gasteiger partial charge in [0.1, 0.15) is 0 Å². The maximum absolute atomic E-state index is 12.7. The van der Waals surface area contributed by atoms with Crippen LogP contribution in [-0.2, 0) is 16.0 Å². The lowest BCUT2D eigenvalue weighted by molar-refractivity contribution is -0.136. The third-order valence-corrected chi connectivity index (χ3v) is 6.38. The van der Waals surface area contributed by atoms with E-state index in [1.165, 1.54) is 6.42 Å². The van der Waals surface area contributed by atoms with Gasteiger partial charge in [-0.1, -0.05) is 43.1 Å². The molecule has 2 saturated heterocycles. The highest BCUT2D eigenvalue weighted by Crippen LogP contribution is 2.23. The average molecular weight is 426 g/mol. The SMILES string of the molecule is CC1CC(C)CN(C(=O)CN2CCN(C(=O)Cc3ccc(Cl)c(Cl)c3)CC2)C1. The zero-order chi connectivity index (χ0) is 20.3. The van der Waals surface area contributed by atoms with Gasteiger partial charge in [-0.3, -0.25) is 14.5 Å². The molecule has 0 saturated carbocycles. The van der Waals surface area contributed by atoms with Gasteiger partial charge in [-0.2, -0.15) is 0 Å². The second-order valence-electron chi connectivity index (χ2n) is 8.33. The summed E-state index contributed by atoms with van der Waals surface area (Å²) < 4.78 is 0. The van der Waals surface area contributed by atoms with Crippen molar-refractivity contribution >= 4 is 35.0 Å². The first-order valence-electron chi connectivity index (χ1n) is 10.0. The number of halogens is 2. The van der Waals surface area contributed by atoms with Crippen molar-refractivity contribution in [2.45, 2.75) is 26.7 Å². The number of nitrogens with zero attached hydrogens (tertiary/aromatic N) is 3. The molecule has 0 radical (unpaired) electrons. The van der Waals surface area contributed by atoms with Crippen molar-refractivity contribution < 1.29 is 9.59 Å². The number of hydrogen-bond donors (Lipinski definition) is 0. The number of piperazine rings is 1. The van der Waals surface area contributed by atoms with Gasteiger partial charge in [0.05, 0.1) is 23.0 Å². The largest absolute Gasteiger partial charge is 0.341 e. The summed E-state index contributed by atoms with van der Waals surface area (Å²) in [5.74, 6) is 1.45. The first-order chi connectivity index (χ1) is 13.3. The summed E-state index contributed by atoms with van der Waals surface area (Å²) in [6, 6.07) is 5.30. The molecule has 2 amide bonds. The van der Waals surface area contributed by atoms with Crippen LogP contribution in [0.15, 0.2) is 18.2 Å². The molecule has 2 heterocycles. The van der Waals surface area contributed by atoms with E-state index in [0.717, 1.165) is 31.7 Å². The molecule has 3 rings (SSSR count). The molecule has 7 heteroatoms. The smallest absolute Gasteiger partial charge is 0.236 e. The Morgan fingerprint density at radius 2 is 1.57 bits per heavy atom. The maximum Gasteiger partial charge on any atom is 0.236 e. The van der Waals surface area contributed by atoms with Gasteiger partial charge in [0.25, 0.3) is 0 Å². The van der Waals surface area contributed by atoms with Crippen molar-refractivity contribution in [3.63, 3.8) is 0 Å². The summed E-state index contributed by atoms with van der Waals surface area (Å²) in [4.78, 5) is 31.3. The summed E-state index contributed by atoms with van der Waals surface area (Å²) in [5, 5.41) is 0.963. The number of rotatable bonds is 4. The fourth-order valence-corrected chi connectivity index (χ4v) is 4.57. The monoisotopic (exact) mass is 425 g/mol. The van der Waals surface area contributed by atoms with Gasteiger partial charge < -0.3 is 9.80 Å². The van der Waals surface area contributed by atoms with E-state index in [-0.39, 0.29) is 11.8 Å². The minimum Gasteiger partial charge on any atom is -0.341 e. The summed E-state index contributed by atoms with van der Waals surface area (Å²) >= 11 is 12.0. The molecule has 0 spiro atoms. The van der Waals surface area contributed by atoms with E-state index < -0.39 is 0 Å². The van der Waals surface area contributed by atoms with Crippen LogP contribution in [0.1, 0.15) is 25.8 Å². The number of hydrogen-bond acceptors (Lipinski definition) is 3. The Hall–Kier alpha value is -1.30. The highest BCUT2D eigenvalue weighted by atomic mass is 35.5. The molecule has 2 aliphatic rings. The average Bonchev–Trinajstić information content (AvgIpc) is 2.64. The van der Waals surface area contributed by atoms with Crippen molar-refractivity contribution in [3.05, 3.63) is 33.8 Å². The first-order valence-corrected chi connectivity index (χ1v) is 10.8. The van der Waals surface area contributed by atoms with E-state index in [1.54, 1.807) is 12.1 Å². The van der Waals surface area contributed by atoms with E-state index in [9.17, 15) is 9.59 Å². The van der Waals surface area contributed by atoms with Gasteiger partial charge in [0.2, 0.25) is 11.8 Å². The molecular formula is C21H29Cl2N3O2. The lowest BCUT2D eigenvalue weighted by atomic mass is 9.92. The predicted octanol–water partition coefficient (Wildman–Crippen LogP) is 3.18. The van der Waals surface area contributed by atoms with Crippen LogP contribution in [0.4, 0.5) is 0 Å². The standard InChI is InChI=1S/C21H29Cl2N3O2/c1-15-9-16(2)13-26(12-15)21(28)14-24-5-7-25(8-6-24)20(27)11-17-3-4-18(22)19(23)10-17/h3-4,10,15-16H,5-9,11-14H2,1-2H3. The summed E-state index contributed by atoms with van der Waals surface area (Å²) in [6.07, 6.45) is 1.52. The molecule has 2 fully saturated rings. The molecule has 2 atom stereocenters. The zero-order valence-electron chi connectivity index (χ0n) is 16.7. The van der Waals surface area contributed by atoms with Crippen LogP contribution in [0.5, 0.6) is 0 Å². The van der Waals surface area contributed by atoms with Crippen LogP contribution in [-0.4, -0.2) is 72.3 Å². The molecular weight excluding hydrogens is 397 g/mol. The second kappa shape index (κ2) is 9.47. The fraction of sp³-hybridized carbons (Fsp3) is 0.619. The molecule has 1 aromatic carbocycles. The Bertz CT molecular complexity index is 710. The molecule has 0 N–H and O–H groups in total. The van der Waals surface area contributed by atoms with Crippen molar-refractivity contribution in [1.82, 2.24) is 14.7 Å². The molecule has 0 bridgehead atoms. The number of piperidine rings is 1. The maximum atomic E-state index is 12.7. The summed E-state index contributed by atoms with van der Waals surface area (Å²) in [5.41, 5.74) is 0.866. The molecule has 1 aromatic rings. The zero-order valence-corrected chi connectivity index (χ0v) is 18.2. The number of carbonyl (C=O) groups excluding carboxylic acids is 2. The van der Waals surface area contributed by atoms with Crippen LogP contribution >= 0.6 is 23.2 Å². The Morgan fingerprint density at radius 1 is 0.929 bits per heavy atom. The van der Waals surface area contributed by atoms with Gasteiger partial charge >= 0.3 is 0 Å². The van der Waals surface area contributed by atoms with Crippen molar-refractivity contribution in [2.24, 2.45) is 11.8 Å². The van der Waals surface area contributed by atoms with Crippen LogP contribution in [0.3, 0.4) is 0 Å². The van der Waals surface area contributed by atoms with Crippen LogP contribution < -0.4 is 0 Å². The third kappa shape index (κ3) is 5.62. The van der Waals surface area contributed by atoms with Crippen LogP contribution in [0.2, 0.25) is 10.0 Å². The van der Waals surface area contributed by atoms with Gasteiger partial charge in [0, 0.05) is 39.3 Å². The highest BCUT2D eigenvalue weighted by molar-refractivity contribution is 6.42. The third-order valence-electron chi connectivity index (χ3n) is 5.64. The van der Waals surface area contributed by atoms with Crippen molar-refractivity contribution in [1.29, 1.82) is 0 Å². The topological polar surface area (TPSA) is 43.9 Å². The normalized spacial score (nSPS) is 23.7. The highest BCUT2D eigenvalue weighted by Gasteiger charge is 2.28. The number of likely N-dealkylation sites (tertiary alicyclic amines) is 1. The van der Waals surface area contributed by atoms with Gasteiger partial charge in [-0.05, 0) is 36.0 Å². The van der Waals surface area contributed by atoms with Gasteiger partial charge in [-0.15, -0.1) is 0 Å². The number of benzene rings is 1. The molecule has 5 nitrogen and oxygen atoms in total. The molecule has 154 valence electrons. The molecule has 0 aromatic heterocycles. The summed E-state index contributed by atoms with van der Waals surface area (Å²) in [7, 11) is 0. The van der Waals surface area contributed by atoms with E-state index >= 15 is 0 Å². The van der Waals surface area contributed by atoms with Crippen LogP contribution in [0.25, 0.3) is 0 Å². The second-order valence-corrected chi connectivity index (χ2v) is 9.14. The Morgan fingerprint density at radius 3 is 2.18 bits per heavy atom. The number of amides is 2. The fourth-order valence-electron chi connectivity index (χ4n) is 4.25. The molecule has 28 heavy (non-hydrogen) atoms. The molecule has 0 aliphatic carbocycles. The van der Waals surface area contributed by atoms with Crippen molar-refractivity contribution in [2.75, 3.05) is 45.8 Å².